The third-order valence-corrected chi connectivity index (χ3v) is 2.40. The molecule has 0 radical (unpaired) electrons. The molecule has 0 saturated carbocycles. The minimum atomic E-state index is -0.132. The van der Waals surface area contributed by atoms with Crippen molar-refractivity contribution >= 4 is 11.6 Å². The summed E-state index contributed by atoms with van der Waals surface area (Å²) in [6.07, 6.45) is 0.654. The highest BCUT2D eigenvalue weighted by atomic mass is 16.5. The van der Waals surface area contributed by atoms with E-state index in [0.717, 1.165) is 17.0 Å². The Kier molecular flexibility index (Phi) is 4.11. The lowest BCUT2D eigenvalue weighted by Gasteiger charge is -2.09. The first-order chi connectivity index (χ1) is 7.58. The molecule has 0 aliphatic heterocycles. The maximum atomic E-state index is 11.6. The first kappa shape index (κ1) is 12.3. The number of rotatable bonds is 4. The van der Waals surface area contributed by atoms with Gasteiger partial charge in [0.1, 0.15) is 5.75 Å². The number of nitrogens with one attached hydrogen (secondary N) is 1. The van der Waals surface area contributed by atoms with Crippen molar-refractivity contribution in [3.63, 3.8) is 0 Å². The molecule has 0 aliphatic rings. The highest BCUT2D eigenvalue weighted by Crippen LogP contribution is 2.21. The van der Waals surface area contributed by atoms with Crippen molar-refractivity contribution in [2.75, 3.05) is 12.4 Å². The normalized spacial score (nSPS) is 9.69. The van der Waals surface area contributed by atoms with E-state index in [-0.39, 0.29) is 5.91 Å². The molecule has 1 rings (SSSR count). The number of carbonyl (C=O) groups excluding carboxylic acids is 1. The Morgan fingerprint density at radius 1 is 1.50 bits per heavy atom. The van der Waals surface area contributed by atoms with Crippen molar-refractivity contribution in [2.45, 2.75) is 20.3 Å². The summed E-state index contributed by atoms with van der Waals surface area (Å²) in [6, 6.07) is 5.52. The van der Waals surface area contributed by atoms with Crippen LogP contribution in [0.2, 0.25) is 0 Å². The molecule has 1 amide bonds. The van der Waals surface area contributed by atoms with Crippen LogP contribution in [-0.4, -0.2) is 13.0 Å². The average molecular weight is 219 g/mol. The van der Waals surface area contributed by atoms with Crippen LogP contribution in [0, 0.1) is 6.92 Å². The van der Waals surface area contributed by atoms with Gasteiger partial charge in [-0.1, -0.05) is 13.5 Å². The first-order valence-corrected chi connectivity index (χ1v) is 5.22. The molecule has 0 aliphatic carbocycles. The number of hydrogen-bond donors (Lipinski definition) is 1. The van der Waals surface area contributed by atoms with Gasteiger partial charge in [0.2, 0.25) is 0 Å². The largest absolute Gasteiger partial charge is 0.496 e. The van der Waals surface area contributed by atoms with Crippen molar-refractivity contribution in [2.24, 2.45) is 0 Å². The maximum absolute atomic E-state index is 11.6. The topological polar surface area (TPSA) is 38.3 Å². The first-order valence-electron chi connectivity index (χ1n) is 5.22. The zero-order chi connectivity index (χ0) is 12.1. The van der Waals surface area contributed by atoms with Gasteiger partial charge in [-0.25, -0.2) is 0 Å². The second kappa shape index (κ2) is 5.35. The number of ether oxygens (including phenoxy) is 1. The fraction of sp³-hybridized carbons (Fsp3) is 0.308. The number of anilines is 1. The minimum absolute atomic E-state index is 0.132. The molecular weight excluding hydrogens is 202 g/mol. The fourth-order valence-electron chi connectivity index (χ4n) is 1.34. The summed E-state index contributed by atoms with van der Waals surface area (Å²) in [7, 11) is 1.62. The maximum Gasteiger partial charge on any atom is 0.250 e. The van der Waals surface area contributed by atoms with Crippen LogP contribution in [-0.2, 0) is 4.79 Å². The molecule has 1 aromatic rings. The van der Waals surface area contributed by atoms with E-state index in [2.05, 4.69) is 11.9 Å². The Bertz CT molecular complexity index is 410. The number of amides is 1. The molecule has 0 atom stereocenters. The molecule has 0 unspecified atom stereocenters. The van der Waals surface area contributed by atoms with Crippen LogP contribution in [0.15, 0.2) is 30.4 Å². The summed E-state index contributed by atoms with van der Waals surface area (Å²) in [5, 5.41) is 2.79. The molecule has 0 aromatic heterocycles. The van der Waals surface area contributed by atoms with Crippen molar-refractivity contribution in [3.05, 3.63) is 35.9 Å². The van der Waals surface area contributed by atoms with Gasteiger partial charge in [-0.2, -0.15) is 0 Å². The van der Waals surface area contributed by atoms with Gasteiger partial charge in [-0.15, -0.1) is 0 Å². The van der Waals surface area contributed by atoms with E-state index < -0.39 is 0 Å². The lowest BCUT2D eigenvalue weighted by atomic mass is 10.2. The molecule has 1 N–H and O–H groups in total. The molecule has 3 heteroatoms. The SMILES string of the molecule is C=C(CC)C(=O)Nc1ccc(OC)c(C)c1. The predicted molar refractivity (Wildman–Crippen MR) is 65.8 cm³/mol. The molecule has 0 heterocycles. The molecule has 86 valence electrons. The Morgan fingerprint density at radius 2 is 2.19 bits per heavy atom. The Balaban J connectivity index is 2.79. The number of hydrogen-bond acceptors (Lipinski definition) is 2. The zero-order valence-electron chi connectivity index (χ0n) is 9.96. The summed E-state index contributed by atoms with van der Waals surface area (Å²) in [4.78, 5) is 11.6. The summed E-state index contributed by atoms with van der Waals surface area (Å²) in [6.45, 7) is 7.53. The van der Waals surface area contributed by atoms with Gasteiger partial charge >= 0.3 is 0 Å². The van der Waals surface area contributed by atoms with E-state index in [1.165, 1.54) is 0 Å². The molecule has 0 spiro atoms. The van der Waals surface area contributed by atoms with Crippen LogP contribution in [0.1, 0.15) is 18.9 Å². The van der Waals surface area contributed by atoms with E-state index in [9.17, 15) is 4.79 Å². The number of benzene rings is 1. The molecule has 16 heavy (non-hydrogen) atoms. The van der Waals surface area contributed by atoms with Crippen LogP contribution in [0.3, 0.4) is 0 Å². The van der Waals surface area contributed by atoms with Gasteiger partial charge < -0.3 is 10.1 Å². The van der Waals surface area contributed by atoms with E-state index >= 15 is 0 Å². The quantitative estimate of drug-likeness (QED) is 0.791. The Morgan fingerprint density at radius 3 is 2.69 bits per heavy atom. The molecular formula is C13H17NO2. The molecule has 0 bridgehead atoms. The summed E-state index contributed by atoms with van der Waals surface area (Å²) in [5.41, 5.74) is 2.33. The lowest BCUT2D eigenvalue weighted by molar-refractivity contribution is -0.112. The number of carbonyl (C=O) groups is 1. The van der Waals surface area contributed by atoms with Crippen molar-refractivity contribution < 1.29 is 9.53 Å². The van der Waals surface area contributed by atoms with E-state index in [1.54, 1.807) is 7.11 Å². The Hall–Kier alpha value is -1.77. The monoisotopic (exact) mass is 219 g/mol. The van der Waals surface area contributed by atoms with Crippen LogP contribution in [0.5, 0.6) is 5.75 Å². The molecule has 0 saturated heterocycles. The van der Waals surface area contributed by atoms with Gasteiger partial charge in [0.15, 0.2) is 0 Å². The smallest absolute Gasteiger partial charge is 0.250 e. The third kappa shape index (κ3) is 2.86. The number of methoxy groups -OCH3 is 1. The third-order valence-electron chi connectivity index (χ3n) is 2.40. The highest BCUT2D eigenvalue weighted by Gasteiger charge is 2.06. The highest BCUT2D eigenvalue weighted by molar-refractivity contribution is 6.03. The fourth-order valence-corrected chi connectivity index (χ4v) is 1.34. The number of aryl methyl sites for hydroxylation is 1. The second-order valence-corrected chi connectivity index (χ2v) is 3.60. The van der Waals surface area contributed by atoms with Gasteiger partial charge in [0.05, 0.1) is 7.11 Å². The second-order valence-electron chi connectivity index (χ2n) is 3.60. The van der Waals surface area contributed by atoms with Gasteiger partial charge in [-0.05, 0) is 37.1 Å². The van der Waals surface area contributed by atoms with Gasteiger partial charge in [0.25, 0.3) is 5.91 Å². The lowest BCUT2D eigenvalue weighted by Crippen LogP contribution is -2.13. The minimum Gasteiger partial charge on any atom is -0.496 e. The average Bonchev–Trinajstić information content (AvgIpc) is 2.28. The standard InChI is InChI=1S/C13H17NO2/c1-5-9(2)13(15)14-11-6-7-12(16-4)10(3)8-11/h6-8H,2,5H2,1,3-4H3,(H,14,15). The summed E-state index contributed by atoms with van der Waals surface area (Å²) < 4.78 is 5.14. The molecule has 3 nitrogen and oxygen atoms in total. The van der Waals surface area contributed by atoms with E-state index in [0.29, 0.717) is 12.0 Å². The van der Waals surface area contributed by atoms with Crippen molar-refractivity contribution in [1.82, 2.24) is 0 Å². The summed E-state index contributed by atoms with van der Waals surface area (Å²) >= 11 is 0. The molecule has 1 aromatic carbocycles. The predicted octanol–water partition coefficient (Wildman–Crippen LogP) is 2.91. The van der Waals surface area contributed by atoms with Crippen molar-refractivity contribution in [1.29, 1.82) is 0 Å². The van der Waals surface area contributed by atoms with Crippen LogP contribution < -0.4 is 10.1 Å². The Labute approximate surface area is 96.1 Å². The molecule has 0 fully saturated rings. The van der Waals surface area contributed by atoms with Crippen LogP contribution in [0.25, 0.3) is 0 Å². The van der Waals surface area contributed by atoms with Crippen LogP contribution >= 0.6 is 0 Å². The van der Waals surface area contributed by atoms with Crippen LogP contribution in [0.4, 0.5) is 5.69 Å². The van der Waals surface area contributed by atoms with Gasteiger partial charge in [0, 0.05) is 11.3 Å². The summed E-state index contributed by atoms with van der Waals surface area (Å²) in [5.74, 6) is 0.680. The van der Waals surface area contributed by atoms with E-state index in [1.807, 2.05) is 32.0 Å². The van der Waals surface area contributed by atoms with Crippen molar-refractivity contribution in [3.8, 4) is 5.75 Å². The van der Waals surface area contributed by atoms with Gasteiger partial charge in [-0.3, -0.25) is 4.79 Å². The zero-order valence-corrected chi connectivity index (χ0v) is 9.96. The van der Waals surface area contributed by atoms with E-state index in [4.69, 9.17) is 4.74 Å².